The third-order valence-electron chi connectivity index (χ3n) is 6.76. The Morgan fingerprint density at radius 3 is 2.72 bits per heavy atom. The second kappa shape index (κ2) is 10.0. The predicted octanol–water partition coefficient (Wildman–Crippen LogP) is 4.74. The van der Waals surface area contributed by atoms with Crippen molar-refractivity contribution in [2.75, 3.05) is 11.1 Å². The molecule has 0 unspecified atom stereocenters. The summed E-state index contributed by atoms with van der Waals surface area (Å²) in [6.45, 7) is 2.07. The summed E-state index contributed by atoms with van der Waals surface area (Å²) in [7, 11) is 0. The van der Waals surface area contributed by atoms with Gasteiger partial charge in [0, 0.05) is 30.1 Å². The molecule has 1 saturated carbocycles. The molecule has 4 aromatic rings. The van der Waals surface area contributed by atoms with Crippen LogP contribution in [0.5, 0.6) is 0 Å². The van der Waals surface area contributed by atoms with Gasteiger partial charge >= 0.3 is 0 Å². The molecule has 0 bridgehead atoms. The average molecular weight is 489 g/mol. The first-order chi connectivity index (χ1) is 17.4. The molecule has 0 radical (unpaired) electrons. The molecule has 5 rings (SSSR count). The molecule has 36 heavy (non-hydrogen) atoms. The van der Waals surface area contributed by atoms with Crippen molar-refractivity contribution < 1.29 is 14.3 Å². The molecule has 1 aromatic carbocycles. The Labute approximate surface area is 208 Å². The van der Waals surface area contributed by atoms with Gasteiger partial charge in [-0.05, 0) is 61.9 Å². The van der Waals surface area contributed by atoms with Crippen LogP contribution in [0.1, 0.15) is 66.7 Å². The maximum absolute atomic E-state index is 15.2. The molecule has 4 N–H and O–H groups in total. The SMILES string of the molecule is CCCc1ccnc(NC(=O)c2ccc(-c3nc([C@H]4CC[C@H](O)CC4)n4ccnc(N)c34)cc2F)c1. The second-order valence-corrected chi connectivity index (χ2v) is 9.30. The summed E-state index contributed by atoms with van der Waals surface area (Å²) in [4.78, 5) is 26.0. The minimum absolute atomic E-state index is 0.0856. The van der Waals surface area contributed by atoms with Gasteiger partial charge < -0.3 is 16.2 Å². The van der Waals surface area contributed by atoms with Crippen LogP contribution in [-0.4, -0.2) is 36.5 Å². The fourth-order valence-electron chi connectivity index (χ4n) is 4.93. The van der Waals surface area contributed by atoms with Crippen LogP contribution in [0.4, 0.5) is 16.0 Å². The van der Waals surface area contributed by atoms with Gasteiger partial charge in [0.1, 0.15) is 34.5 Å². The van der Waals surface area contributed by atoms with Crippen molar-refractivity contribution >= 4 is 23.1 Å². The molecule has 0 atom stereocenters. The molecule has 1 fully saturated rings. The van der Waals surface area contributed by atoms with E-state index in [1.165, 1.54) is 12.1 Å². The molecular weight excluding hydrogens is 459 g/mol. The van der Waals surface area contributed by atoms with Crippen LogP contribution in [0, 0.1) is 5.82 Å². The minimum atomic E-state index is -0.666. The van der Waals surface area contributed by atoms with Crippen LogP contribution in [0.3, 0.4) is 0 Å². The summed E-state index contributed by atoms with van der Waals surface area (Å²) >= 11 is 0. The number of aliphatic hydroxyl groups is 1. The van der Waals surface area contributed by atoms with E-state index in [9.17, 15) is 9.90 Å². The van der Waals surface area contributed by atoms with Crippen LogP contribution in [0.15, 0.2) is 48.9 Å². The van der Waals surface area contributed by atoms with Gasteiger partial charge in [-0.15, -0.1) is 0 Å². The van der Waals surface area contributed by atoms with Crippen LogP contribution in [-0.2, 0) is 6.42 Å². The summed E-state index contributed by atoms with van der Waals surface area (Å²) in [6.07, 6.45) is 9.66. The number of hydrogen-bond donors (Lipinski definition) is 3. The number of nitrogen functional groups attached to an aromatic ring is 1. The van der Waals surface area contributed by atoms with E-state index < -0.39 is 11.7 Å². The lowest BCUT2D eigenvalue weighted by molar-refractivity contribution is 0.102. The fourth-order valence-corrected chi connectivity index (χ4v) is 4.93. The van der Waals surface area contributed by atoms with E-state index in [4.69, 9.17) is 10.7 Å². The second-order valence-electron chi connectivity index (χ2n) is 9.30. The van der Waals surface area contributed by atoms with Gasteiger partial charge in [-0.1, -0.05) is 19.4 Å². The van der Waals surface area contributed by atoms with E-state index in [-0.39, 0.29) is 17.6 Å². The highest BCUT2D eigenvalue weighted by molar-refractivity contribution is 6.04. The Kier molecular flexibility index (Phi) is 6.65. The van der Waals surface area contributed by atoms with E-state index in [0.717, 1.165) is 37.1 Å². The molecule has 186 valence electrons. The van der Waals surface area contributed by atoms with E-state index in [1.54, 1.807) is 30.7 Å². The van der Waals surface area contributed by atoms with Crippen molar-refractivity contribution in [3.63, 3.8) is 0 Å². The lowest BCUT2D eigenvalue weighted by Gasteiger charge is -2.24. The van der Waals surface area contributed by atoms with Crippen molar-refractivity contribution in [1.29, 1.82) is 0 Å². The number of carbonyl (C=O) groups is 1. The molecule has 9 heteroatoms. The average Bonchev–Trinajstić information content (AvgIpc) is 3.26. The number of nitrogens with one attached hydrogen (secondary N) is 1. The van der Waals surface area contributed by atoms with Gasteiger partial charge in [-0.25, -0.2) is 19.3 Å². The number of aryl methyl sites for hydroxylation is 1. The maximum atomic E-state index is 15.2. The highest BCUT2D eigenvalue weighted by Gasteiger charge is 2.27. The summed E-state index contributed by atoms with van der Waals surface area (Å²) in [6, 6.07) is 8.12. The standard InChI is InChI=1S/C27H29FN6O2/c1-2-3-16-10-11-30-22(14-16)32-27(36)20-9-6-18(15-21(20)28)23-24-25(29)31-12-13-34(24)26(33-23)17-4-7-19(35)8-5-17/h6,9-15,17,19,35H,2-5,7-8H2,1H3,(H2,29,31)(H,30,32,36)/t17-,19-. The number of rotatable bonds is 6. The van der Waals surface area contributed by atoms with Crippen molar-refractivity contribution in [2.45, 2.75) is 57.5 Å². The number of benzene rings is 1. The molecule has 1 aliphatic carbocycles. The summed E-state index contributed by atoms with van der Waals surface area (Å²) in [5, 5.41) is 12.6. The first-order valence-corrected chi connectivity index (χ1v) is 12.3. The van der Waals surface area contributed by atoms with Gasteiger partial charge in [-0.3, -0.25) is 9.20 Å². The fraction of sp³-hybridized carbons (Fsp3) is 0.333. The minimum Gasteiger partial charge on any atom is -0.393 e. The molecular formula is C27H29FN6O2. The van der Waals surface area contributed by atoms with Gasteiger partial charge in [-0.2, -0.15) is 0 Å². The predicted molar refractivity (Wildman–Crippen MR) is 136 cm³/mol. The highest BCUT2D eigenvalue weighted by atomic mass is 19.1. The van der Waals surface area contributed by atoms with Gasteiger partial charge in [0.25, 0.3) is 5.91 Å². The number of pyridine rings is 1. The zero-order chi connectivity index (χ0) is 25.2. The smallest absolute Gasteiger partial charge is 0.259 e. The van der Waals surface area contributed by atoms with Gasteiger partial charge in [0.05, 0.1) is 11.7 Å². The van der Waals surface area contributed by atoms with Gasteiger partial charge in [0.15, 0.2) is 0 Å². The summed E-state index contributed by atoms with van der Waals surface area (Å²) in [5.41, 5.74) is 8.81. The van der Waals surface area contributed by atoms with Crippen molar-refractivity contribution in [2.24, 2.45) is 0 Å². The molecule has 1 amide bonds. The molecule has 1 aliphatic rings. The Hall–Kier alpha value is -3.85. The summed E-state index contributed by atoms with van der Waals surface area (Å²) in [5.74, 6) is 0.416. The third kappa shape index (κ3) is 4.66. The number of fused-ring (bicyclic) bond motifs is 1. The first-order valence-electron chi connectivity index (χ1n) is 12.3. The van der Waals surface area contributed by atoms with Crippen LogP contribution in [0.2, 0.25) is 0 Å². The highest BCUT2D eigenvalue weighted by Crippen LogP contribution is 2.37. The number of hydrogen-bond acceptors (Lipinski definition) is 6. The molecule has 0 spiro atoms. The van der Waals surface area contributed by atoms with E-state index in [2.05, 4.69) is 22.2 Å². The Bertz CT molecular complexity index is 1410. The molecule has 0 saturated heterocycles. The monoisotopic (exact) mass is 488 g/mol. The van der Waals surface area contributed by atoms with Crippen LogP contribution >= 0.6 is 0 Å². The largest absolute Gasteiger partial charge is 0.393 e. The maximum Gasteiger partial charge on any atom is 0.259 e. The van der Waals surface area contributed by atoms with Crippen LogP contribution in [0.25, 0.3) is 16.8 Å². The quantitative estimate of drug-likeness (QED) is 0.361. The number of halogens is 1. The number of carbonyl (C=O) groups excluding carboxylic acids is 1. The topological polar surface area (TPSA) is 118 Å². The molecule has 8 nitrogen and oxygen atoms in total. The molecule has 3 aromatic heterocycles. The zero-order valence-corrected chi connectivity index (χ0v) is 20.1. The Morgan fingerprint density at radius 1 is 1.17 bits per heavy atom. The van der Waals surface area contributed by atoms with Crippen LogP contribution < -0.4 is 11.1 Å². The first kappa shape index (κ1) is 23.9. The number of nitrogens with two attached hydrogens (primary N) is 1. The van der Waals surface area contributed by atoms with Crippen molar-refractivity contribution in [3.05, 3.63) is 71.7 Å². The lowest BCUT2D eigenvalue weighted by Crippen LogP contribution is -2.18. The third-order valence-corrected chi connectivity index (χ3v) is 6.76. The summed E-state index contributed by atoms with van der Waals surface area (Å²) < 4.78 is 17.1. The van der Waals surface area contributed by atoms with Gasteiger partial charge in [0.2, 0.25) is 0 Å². The number of imidazole rings is 1. The number of aromatic nitrogens is 4. The Morgan fingerprint density at radius 2 is 1.97 bits per heavy atom. The zero-order valence-electron chi connectivity index (χ0n) is 20.1. The lowest BCUT2D eigenvalue weighted by atomic mass is 9.87. The number of nitrogens with zero attached hydrogens (tertiary/aromatic N) is 4. The van der Waals surface area contributed by atoms with E-state index >= 15 is 4.39 Å². The van der Waals surface area contributed by atoms with E-state index in [1.807, 2.05) is 10.5 Å². The number of amides is 1. The van der Waals surface area contributed by atoms with E-state index in [0.29, 0.717) is 41.3 Å². The van der Waals surface area contributed by atoms with Crippen molar-refractivity contribution in [1.82, 2.24) is 19.4 Å². The Balaban J connectivity index is 1.46. The van der Waals surface area contributed by atoms with Crippen molar-refractivity contribution in [3.8, 4) is 11.3 Å². The number of aliphatic hydroxyl groups excluding tert-OH is 1. The normalized spacial score (nSPS) is 17.9. The molecule has 0 aliphatic heterocycles. The molecule has 3 heterocycles. The number of anilines is 2.